The van der Waals surface area contributed by atoms with Crippen molar-refractivity contribution in [1.29, 1.82) is 0 Å². The topological polar surface area (TPSA) is 83.1 Å². The predicted octanol–water partition coefficient (Wildman–Crippen LogP) is 3.94. The Morgan fingerprint density at radius 1 is 0.972 bits per heavy atom. The fourth-order valence-corrected chi connectivity index (χ4v) is 5.48. The molecule has 0 amide bonds. The Labute approximate surface area is 211 Å². The molecular weight excluding hydrogens is 450 g/mol. The number of aromatic nitrogens is 5. The Balaban J connectivity index is 1.12. The highest BCUT2D eigenvalue weighted by molar-refractivity contribution is 5.57. The summed E-state index contributed by atoms with van der Waals surface area (Å²) in [7, 11) is 1.71. The molecule has 184 valence electrons. The Hall–Kier alpha value is -3.78. The number of benzene rings is 1. The van der Waals surface area contributed by atoms with Crippen LogP contribution in [-0.4, -0.2) is 62.3 Å². The number of ether oxygens (including phenoxy) is 1. The highest BCUT2D eigenvalue weighted by atomic mass is 16.5. The number of piperazine rings is 1. The molecule has 2 fully saturated rings. The molecule has 1 aromatic carbocycles. The number of fused-ring (bicyclic) bond motifs is 2. The molecule has 0 radical (unpaired) electrons. The number of hydrogen-bond donors (Lipinski definition) is 1. The summed E-state index contributed by atoms with van der Waals surface area (Å²) in [5, 5.41) is 7.34. The number of nitrogens with zero attached hydrogens (tertiary/aromatic N) is 6. The van der Waals surface area contributed by atoms with E-state index < -0.39 is 0 Å². The molecular formula is C28H31N7O. The van der Waals surface area contributed by atoms with Gasteiger partial charge in [-0.2, -0.15) is 5.10 Å². The Morgan fingerprint density at radius 3 is 2.50 bits per heavy atom. The lowest BCUT2D eigenvalue weighted by atomic mass is 10.1. The van der Waals surface area contributed by atoms with E-state index in [4.69, 9.17) is 14.7 Å². The molecule has 0 aliphatic carbocycles. The molecule has 2 saturated heterocycles. The van der Waals surface area contributed by atoms with E-state index in [9.17, 15) is 0 Å². The molecule has 2 bridgehead atoms. The number of hydrogen-bond acceptors (Lipinski definition) is 7. The minimum Gasteiger partial charge on any atom is -0.497 e. The van der Waals surface area contributed by atoms with Gasteiger partial charge in [0.1, 0.15) is 11.6 Å². The third kappa shape index (κ3) is 4.56. The lowest BCUT2D eigenvalue weighted by Gasteiger charge is -2.35. The second kappa shape index (κ2) is 9.35. The highest BCUT2D eigenvalue weighted by Crippen LogP contribution is 2.35. The minimum atomic E-state index is 0.505. The SMILES string of the molecule is COc1ccc(CN2CC3CC2CN3c2ccc(-c3nc(C)cc(Cc4cc(C)[nH]n4)n3)cn2)cc1. The van der Waals surface area contributed by atoms with Gasteiger partial charge in [-0.25, -0.2) is 15.0 Å². The smallest absolute Gasteiger partial charge is 0.161 e. The van der Waals surface area contributed by atoms with Crippen molar-refractivity contribution in [1.82, 2.24) is 30.0 Å². The number of nitrogens with one attached hydrogen (secondary N) is 1. The number of aryl methyl sites for hydroxylation is 2. The van der Waals surface area contributed by atoms with E-state index in [1.54, 1.807) is 7.11 Å². The molecule has 5 heterocycles. The van der Waals surface area contributed by atoms with Crippen molar-refractivity contribution in [2.75, 3.05) is 25.1 Å². The van der Waals surface area contributed by atoms with E-state index in [0.717, 1.165) is 59.5 Å². The molecule has 0 saturated carbocycles. The van der Waals surface area contributed by atoms with E-state index >= 15 is 0 Å². The van der Waals surface area contributed by atoms with Gasteiger partial charge < -0.3 is 9.64 Å². The van der Waals surface area contributed by atoms with Crippen LogP contribution in [0.4, 0.5) is 5.82 Å². The third-order valence-corrected chi connectivity index (χ3v) is 7.23. The Morgan fingerprint density at radius 2 is 1.83 bits per heavy atom. The summed E-state index contributed by atoms with van der Waals surface area (Å²) in [5.74, 6) is 2.66. The van der Waals surface area contributed by atoms with Crippen molar-refractivity contribution in [2.45, 2.75) is 45.3 Å². The number of methoxy groups -OCH3 is 1. The summed E-state index contributed by atoms with van der Waals surface area (Å²) in [6.07, 6.45) is 3.78. The summed E-state index contributed by atoms with van der Waals surface area (Å²) in [5.41, 5.74) is 6.21. The van der Waals surface area contributed by atoms with Crippen LogP contribution in [0.25, 0.3) is 11.4 Å². The summed E-state index contributed by atoms with van der Waals surface area (Å²) in [6, 6.07) is 17.8. The van der Waals surface area contributed by atoms with Gasteiger partial charge >= 0.3 is 0 Å². The maximum absolute atomic E-state index is 5.29. The molecule has 6 rings (SSSR count). The van der Waals surface area contributed by atoms with Crippen LogP contribution in [0, 0.1) is 13.8 Å². The summed E-state index contributed by atoms with van der Waals surface area (Å²) in [4.78, 5) is 19.4. The van der Waals surface area contributed by atoms with Crippen molar-refractivity contribution >= 4 is 5.82 Å². The van der Waals surface area contributed by atoms with Crippen molar-refractivity contribution in [3.63, 3.8) is 0 Å². The fourth-order valence-electron chi connectivity index (χ4n) is 5.48. The average molecular weight is 482 g/mol. The van der Waals surface area contributed by atoms with Crippen LogP contribution in [-0.2, 0) is 13.0 Å². The first kappa shape index (κ1) is 22.7. The van der Waals surface area contributed by atoms with Gasteiger partial charge in [0.2, 0.25) is 0 Å². The number of aromatic amines is 1. The molecule has 2 unspecified atom stereocenters. The van der Waals surface area contributed by atoms with Crippen LogP contribution in [0.15, 0.2) is 54.7 Å². The molecule has 0 spiro atoms. The predicted molar refractivity (Wildman–Crippen MR) is 139 cm³/mol. The zero-order valence-corrected chi connectivity index (χ0v) is 21.0. The number of likely N-dealkylation sites (tertiary alicyclic amines) is 1. The van der Waals surface area contributed by atoms with Crippen LogP contribution in [0.2, 0.25) is 0 Å². The zero-order valence-electron chi connectivity index (χ0n) is 21.0. The van der Waals surface area contributed by atoms with Gasteiger partial charge in [0.15, 0.2) is 5.82 Å². The number of anilines is 1. The maximum Gasteiger partial charge on any atom is 0.161 e. The molecule has 8 nitrogen and oxygen atoms in total. The minimum absolute atomic E-state index is 0.505. The van der Waals surface area contributed by atoms with Gasteiger partial charge in [-0.05, 0) is 62.2 Å². The maximum atomic E-state index is 5.29. The molecule has 1 N–H and O–H groups in total. The van der Waals surface area contributed by atoms with Crippen LogP contribution in [0.3, 0.4) is 0 Å². The van der Waals surface area contributed by atoms with Crippen LogP contribution >= 0.6 is 0 Å². The number of rotatable bonds is 7. The lowest BCUT2D eigenvalue weighted by molar-refractivity contribution is 0.230. The van der Waals surface area contributed by atoms with Crippen molar-refractivity contribution < 1.29 is 4.74 Å². The van der Waals surface area contributed by atoms with E-state index in [-0.39, 0.29) is 0 Å². The van der Waals surface area contributed by atoms with E-state index in [1.165, 1.54) is 12.0 Å². The van der Waals surface area contributed by atoms with E-state index in [2.05, 4.69) is 55.3 Å². The van der Waals surface area contributed by atoms with Gasteiger partial charge in [0, 0.05) is 61.3 Å². The first-order valence-electron chi connectivity index (χ1n) is 12.5. The average Bonchev–Trinajstić information content (AvgIpc) is 3.60. The summed E-state index contributed by atoms with van der Waals surface area (Å²) >= 11 is 0. The summed E-state index contributed by atoms with van der Waals surface area (Å²) in [6.45, 7) is 7.07. The second-order valence-corrected chi connectivity index (χ2v) is 9.92. The third-order valence-electron chi connectivity index (χ3n) is 7.23. The molecule has 2 aliphatic rings. The van der Waals surface area contributed by atoms with Crippen LogP contribution in [0.1, 0.15) is 34.8 Å². The van der Waals surface area contributed by atoms with Crippen molar-refractivity contribution in [3.8, 4) is 17.1 Å². The monoisotopic (exact) mass is 481 g/mol. The zero-order chi connectivity index (χ0) is 24.6. The lowest BCUT2D eigenvalue weighted by Crippen LogP contribution is -2.46. The van der Waals surface area contributed by atoms with Gasteiger partial charge in [-0.1, -0.05) is 12.1 Å². The molecule has 2 atom stereocenters. The molecule has 36 heavy (non-hydrogen) atoms. The fraction of sp³-hybridized carbons (Fsp3) is 0.357. The van der Waals surface area contributed by atoms with Crippen molar-refractivity contribution in [2.24, 2.45) is 0 Å². The second-order valence-electron chi connectivity index (χ2n) is 9.92. The highest BCUT2D eigenvalue weighted by Gasteiger charge is 2.43. The largest absolute Gasteiger partial charge is 0.497 e. The van der Waals surface area contributed by atoms with Gasteiger partial charge in [-0.3, -0.25) is 10.00 Å². The Bertz CT molecular complexity index is 1350. The Kier molecular flexibility index (Phi) is 5.89. The molecule has 2 aliphatic heterocycles. The standard InChI is InChI=1S/C28H31N7O/c1-18-10-22(12-23-11-19(2)32-33-23)31-28(30-18)21-6-9-27(29-14-21)35-17-24-13-25(35)16-34(24)15-20-4-7-26(36-3)8-5-20/h4-11,14,24-25H,12-13,15-17H2,1-3H3,(H,32,33). The molecule has 4 aromatic rings. The number of pyridine rings is 1. The van der Waals surface area contributed by atoms with Crippen molar-refractivity contribution in [3.05, 3.63) is 83.1 Å². The normalized spacial score (nSPS) is 19.2. The first-order chi connectivity index (χ1) is 17.5. The quantitative estimate of drug-likeness (QED) is 0.428. The van der Waals surface area contributed by atoms with Gasteiger partial charge in [0.25, 0.3) is 0 Å². The van der Waals surface area contributed by atoms with Gasteiger partial charge in [-0.15, -0.1) is 0 Å². The van der Waals surface area contributed by atoms with E-state index in [1.807, 2.05) is 38.2 Å². The summed E-state index contributed by atoms with van der Waals surface area (Å²) < 4.78 is 5.29. The molecule has 8 heteroatoms. The first-order valence-corrected chi connectivity index (χ1v) is 12.5. The number of H-pyrrole nitrogens is 1. The van der Waals surface area contributed by atoms with Crippen LogP contribution < -0.4 is 9.64 Å². The van der Waals surface area contributed by atoms with Crippen LogP contribution in [0.5, 0.6) is 5.75 Å². The van der Waals surface area contributed by atoms with E-state index in [0.29, 0.717) is 24.3 Å². The molecule has 3 aromatic heterocycles. The van der Waals surface area contributed by atoms with Gasteiger partial charge in [0.05, 0.1) is 18.5 Å².